The predicted octanol–water partition coefficient (Wildman–Crippen LogP) is 4.37. The molecule has 0 aliphatic rings. The van der Waals surface area contributed by atoms with Crippen LogP contribution in [0.3, 0.4) is 0 Å². The normalized spacial score (nSPS) is 11.5. The number of nitrogens with zero attached hydrogens (tertiary/aromatic N) is 3. The molecule has 0 saturated carbocycles. The minimum atomic E-state index is -4.77. The van der Waals surface area contributed by atoms with Crippen LogP contribution < -0.4 is 15.8 Å². The second-order valence-electron chi connectivity index (χ2n) is 7.14. The minimum Gasteiger partial charge on any atom is -0.406 e. The van der Waals surface area contributed by atoms with Crippen LogP contribution in [0.1, 0.15) is 11.1 Å². The third-order valence-corrected chi connectivity index (χ3v) is 4.69. The largest absolute Gasteiger partial charge is 0.573 e. The van der Waals surface area contributed by atoms with Crippen molar-refractivity contribution in [2.75, 3.05) is 11.1 Å². The molecule has 4 rings (SSSR count). The van der Waals surface area contributed by atoms with Gasteiger partial charge in [0, 0.05) is 11.9 Å². The third-order valence-electron chi connectivity index (χ3n) is 4.69. The van der Waals surface area contributed by atoms with Crippen LogP contribution in [0.4, 0.5) is 24.8 Å². The van der Waals surface area contributed by atoms with Crippen LogP contribution in [-0.4, -0.2) is 26.9 Å². The summed E-state index contributed by atoms with van der Waals surface area (Å²) < 4.78 is 42.6. The second kappa shape index (κ2) is 8.22. The average molecular weight is 441 g/mol. The molecule has 0 atom stereocenters. The number of rotatable bonds is 5. The molecule has 0 radical (unpaired) electrons. The van der Waals surface area contributed by atoms with Crippen LogP contribution in [0.2, 0.25) is 0 Å². The third kappa shape index (κ3) is 4.97. The van der Waals surface area contributed by atoms with Gasteiger partial charge in [0.25, 0.3) is 0 Å². The van der Waals surface area contributed by atoms with E-state index in [0.29, 0.717) is 11.3 Å². The van der Waals surface area contributed by atoms with Crippen LogP contribution in [0.5, 0.6) is 5.75 Å². The van der Waals surface area contributed by atoms with Crippen molar-refractivity contribution in [1.82, 2.24) is 14.6 Å². The van der Waals surface area contributed by atoms with Gasteiger partial charge in [-0.2, -0.15) is 4.98 Å². The van der Waals surface area contributed by atoms with E-state index >= 15 is 0 Å². The number of nitrogens with two attached hydrogens (primary N) is 1. The first-order chi connectivity index (χ1) is 15.2. The number of ether oxygens (including phenoxy) is 1. The molecule has 0 bridgehead atoms. The number of alkyl halides is 3. The topological polar surface area (TPSA) is 94.5 Å². The molecule has 10 heteroatoms. The Kier molecular flexibility index (Phi) is 5.43. The maximum absolute atomic E-state index is 12.4. The highest BCUT2D eigenvalue weighted by Crippen LogP contribution is 2.28. The van der Waals surface area contributed by atoms with Crippen LogP contribution in [0, 0.1) is 6.92 Å². The highest BCUT2D eigenvalue weighted by Gasteiger charge is 2.31. The number of aryl methyl sites for hydroxylation is 1. The quantitative estimate of drug-likeness (QED) is 0.480. The van der Waals surface area contributed by atoms with Crippen LogP contribution in [-0.2, 0) is 11.2 Å². The van der Waals surface area contributed by atoms with Crippen molar-refractivity contribution in [3.63, 3.8) is 0 Å². The molecule has 2 aromatic carbocycles. The molecule has 2 heterocycles. The molecule has 0 fully saturated rings. The van der Waals surface area contributed by atoms with E-state index in [4.69, 9.17) is 5.73 Å². The Bertz CT molecular complexity index is 1280. The molecule has 1 amide bonds. The molecular formula is C22H18F3N5O2. The average Bonchev–Trinajstić information content (AvgIpc) is 3.09. The van der Waals surface area contributed by atoms with Crippen LogP contribution >= 0.6 is 0 Å². The molecule has 7 nitrogen and oxygen atoms in total. The van der Waals surface area contributed by atoms with E-state index in [1.807, 2.05) is 36.4 Å². The minimum absolute atomic E-state index is 0.111. The Morgan fingerprint density at radius 3 is 2.53 bits per heavy atom. The highest BCUT2D eigenvalue weighted by atomic mass is 19.4. The lowest BCUT2D eigenvalue weighted by molar-refractivity contribution is -0.274. The zero-order valence-corrected chi connectivity index (χ0v) is 16.8. The Morgan fingerprint density at radius 2 is 1.84 bits per heavy atom. The van der Waals surface area contributed by atoms with E-state index in [1.165, 1.54) is 25.1 Å². The van der Waals surface area contributed by atoms with Crippen molar-refractivity contribution < 1.29 is 22.7 Å². The highest BCUT2D eigenvalue weighted by molar-refractivity contribution is 5.92. The number of benzene rings is 2. The molecule has 0 saturated heterocycles. The number of pyridine rings is 1. The Balaban J connectivity index is 1.40. The van der Waals surface area contributed by atoms with Crippen molar-refractivity contribution in [3.05, 3.63) is 71.9 Å². The molecule has 0 aliphatic heterocycles. The van der Waals surface area contributed by atoms with E-state index in [-0.39, 0.29) is 29.6 Å². The first-order valence-corrected chi connectivity index (χ1v) is 9.54. The lowest BCUT2D eigenvalue weighted by atomic mass is 10.0. The molecule has 164 valence electrons. The summed E-state index contributed by atoms with van der Waals surface area (Å²) in [6, 6.07) is 15.2. The molecule has 3 N–H and O–H groups in total. The van der Waals surface area contributed by atoms with Crippen LogP contribution in [0.15, 0.2) is 60.8 Å². The van der Waals surface area contributed by atoms with Crippen LogP contribution in [0.25, 0.3) is 16.8 Å². The number of halogens is 3. The SMILES string of the molecule is Cc1cc(NC(=O)Cc2ccc(-c3ccn4nc(N)nc4c3)cc2)ccc1OC(F)(F)F. The fourth-order valence-corrected chi connectivity index (χ4v) is 3.25. The number of aromatic nitrogens is 3. The number of carbonyl (C=O) groups is 1. The van der Waals surface area contributed by atoms with Crippen molar-refractivity contribution in [3.8, 4) is 16.9 Å². The van der Waals surface area contributed by atoms with Gasteiger partial charge in [0.1, 0.15) is 5.75 Å². The maximum Gasteiger partial charge on any atom is 0.573 e. The van der Waals surface area contributed by atoms with E-state index in [1.54, 1.807) is 10.7 Å². The smallest absolute Gasteiger partial charge is 0.406 e. The van der Waals surface area contributed by atoms with Crippen molar-refractivity contribution in [2.24, 2.45) is 0 Å². The van der Waals surface area contributed by atoms with Crippen molar-refractivity contribution in [1.29, 1.82) is 0 Å². The molecule has 0 spiro atoms. The number of nitrogen functional groups attached to an aromatic ring is 1. The Labute approximate surface area is 180 Å². The summed E-state index contributed by atoms with van der Waals surface area (Å²) in [6.07, 6.45) is -2.89. The molecule has 32 heavy (non-hydrogen) atoms. The summed E-state index contributed by atoms with van der Waals surface area (Å²) in [7, 11) is 0. The summed E-state index contributed by atoms with van der Waals surface area (Å²) in [6.45, 7) is 1.47. The summed E-state index contributed by atoms with van der Waals surface area (Å²) in [4.78, 5) is 16.5. The molecular weight excluding hydrogens is 423 g/mol. The molecule has 4 aromatic rings. The number of hydrogen-bond donors (Lipinski definition) is 2. The van der Waals surface area contributed by atoms with E-state index in [9.17, 15) is 18.0 Å². The van der Waals surface area contributed by atoms with Crippen molar-refractivity contribution >= 4 is 23.2 Å². The zero-order valence-electron chi connectivity index (χ0n) is 16.8. The van der Waals surface area contributed by atoms with Gasteiger partial charge in [0.05, 0.1) is 6.42 Å². The summed E-state index contributed by atoms with van der Waals surface area (Å²) in [5.74, 6) is -0.402. The number of anilines is 2. The standard InChI is InChI=1S/C22H18F3N5O2/c1-13-10-17(6-7-18(13)32-22(23,24)25)27-20(31)11-14-2-4-15(5-3-14)16-8-9-30-19(12-16)28-21(26)29-30/h2-10,12H,11H2,1H3,(H2,26,29)(H,27,31). The van der Waals surface area contributed by atoms with Gasteiger partial charge in [-0.05, 0) is 59.5 Å². The second-order valence-corrected chi connectivity index (χ2v) is 7.14. The number of carbonyl (C=O) groups excluding carboxylic acids is 1. The van der Waals surface area contributed by atoms with Crippen molar-refractivity contribution in [2.45, 2.75) is 19.7 Å². The van der Waals surface area contributed by atoms with E-state index < -0.39 is 6.36 Å². The van der Waals surface area contributed by atoms with Gasteiger partial charge in [0.15, 0.2) is 5.65 Å². The predicted molar refractivity (Wildman–Crippen MR) is 113 cm³/mol. The Morgan fingerprint density at radius 1 is 1.09 bits per heavy atom. The van der Waals surface area contributed by atoms with Gasteiger partial charge >= 0.3 is 6.36 Å². The number of amides is 1. The lowest BCUT2D eigenvalue weighted by Crippen LogP contribution is -2.18. The van der Waals surface area contributed by atoms with E-state index in [0.717, 1.165) is 16.7 Å². The van der Waals surface area contributed by atoms with Gasteiger partial charge < -0.3 is 15.8 Å². The maximum atomic E-state index is 12.4. The monoisotopic (exact) mass is 441 g/mol. The summed E-state index contributed by atoms with van der Waals surface area (Å²) in [5, 5.41) is 6.72. The van der Waals surface area contributed by atoms with Gasteiger partial charge in [-0.3, -0.25) is 4.79 Å². The number of hydrogen-bond acceptors (Lipinski definition) is 5. The molecule has 2 aromatic heterocycles. The van der Waals surface area contributed by atoms with E-state index in [2.05, 4.69) is 20.1 Å². The Hall–Kier alpha value is -4.08. The fraction of sp³-hybridized carbons (Fsp3) is 0.136. The van der Waals surface area contributed by atoms with Gasteiger partial charge in [-0.1, -0.05) is 24.3 Å². The number of nitrogens with one attached hydrogen (secondary N) is 1. The first-order valence-electron chi connectivity index (χ1n) is 9.54. The molecule has 0 unspecified atom stereocenters. The van der Waals surface area contributed by atoms with Gasteiger partial charge in [0.2, 0.25) is 11.9 Å². The summed E-state index contributed by atoms with van der Waals surface area (Å²) >= 11 is 0. The first kappa shape index (κ1) is 21.2. The summed E-state index contributed by atoms with van der Waals surface area (Å²) in [5.41, 5.74) is 9.54. The van der Waals surface area contributed by atoms with Gasteiger partial charge in [-0.25, -0.2) is 4.52 Å². The number of fused-ring (bicyclic) bond motifs is 1. The lowest BCUT2D eigenvalue weighted by Gasteiger charge is -2.13. The van der Waals surface area contributed by atoms with Gasteiger partial charge in [-0.15, -0.1) is 18.3 Å². The zero-order chi connectivity index (χ0) is 22.9. The molecule has 0 aliphatic carbocycles. The fourth-order valence-electron chi connectivity index (χ4n) is 3.25.